The third-order valence-electron chi connectivity index (χ3n) is 2.65. The summed E-state index contributed by atoms with van der Waals surface area (Å²) in [5.74, 6) is 0.722. The fraction of sp³-hybridized carbons (Fsp3) is 0.364. The van der Waals surface area contributed by atoms with E-state index < -0.39 is 0 Å². The summed E-state index contributed by atoms with van der Waals surface area (Å²) >= 11 is 7.50. The molecule has 0 unspecified atom stereocenters. The lowest BCUT2D eigenvalue weighted by atomic mass is 10.2. The smallest absolute Gasteiger partial charge is 0.225 e. The van der Waals surface area contributed by atoms with Crippen molar-refractivity contribution in [3.63, 3.8) is 0 Å². The molecule has 18 heavy (non-hydrogen) atoms. The molecule has 1 amide bonds. The molecular formula is C11H13ClN4OS. The van der Waals surface area contributed by atoms with Crippen molar-refractivity contribution in [2.75, 3.05) is 18.4 Å². The van der Waals surface area contributed by atoms with Crippen molar-refractivity contribution in [1.82, 2.24) is 15.3 Å². The van der Waals surface area contributed by atoms with Gasteiger partial charge < -0.3 is 10.6 Å². The van der Waals surface area contributed by atoms with Crippen molar-refractivity contribution in [3.05, 3.63) is 15.7 Å². The largest absolute Gasteiger partial charge is 0.368 e. The van der Waals surface area contributed by atoms with Crippen LogP contribution in [0.2, 0.25) is 5.28 Å². The minimum absolute atomic E-state index is 0.231. The molecule has 0 atom stereocenters. The van der Waals surface area contributed by atoms with Gasteiger partial charge in [-0.05, 0) is 31.0 Å². The number of aromatic nitrogens is 2. The van der Waals surface area contributed by atoms with E-state index >= 15 is 0 Å². The molecule has 0 aliphatic heterocycles. The van der Waals surface area contributed by atoms with E-state index in [9.17, 15) is 4.79 Å². The van der Waals surface area contributed by atoms with Crippen LogP contribution in [0.3, 0.4) is 0 Å². The number of halogens is 1. The highest BCUT2D eigenvalue weighted by Crippen LogP contribution is 2.33. The van der Waals surface area contributed by atoms with Crippen LogP contribution in [0.5, 0.6) is 0 Å². The van der Waals surface area contributed by atoms with Crippen LogP contribution in [0.15, 0.2) is 0 Å². The topological polar surface area (TPSA) is 66.9 Å². The SMILES string of the molecule is Cc1sc2nc(Cl)nc(NCCNC=O)c2c1C. The molecular weight excluding hydrogens is 272 g/mol. The van der Waals surface area contributed by atoms with Gasteiger partial charge in [0.05, 0.1) is 5.39 Å². The molecule has 0 saturated carbocycles. The molecule has 0 radical (unpaired) electrons. The molecule has 0 aromatic carbocycles. The number of nitrogens with one attached hydrogen (secondary N) is 2. The molecule has 5 nitrogen and oxygen atoms in total. The fourth-order valence-electron chi connectivity index (χ4n) is 1.66. The Morgan fingerprint density at radius 1 is 1.33 bits per heavy atom. The van der Waals surface area contributed by atoms with E-state index in [4.69, 9.17) is 11.6 Å². The molecule has 96 valence electrons. The molecule has 7 heteroatoms. The quantitative estimate of drug-likeness (QED) is 0.501. The van der Waals surface area contributed by atoms with E-state index in [-0.39, 0.29) is 5.28 Å². The van der Waals surface area contributed by atoms with Crippen molar-refractivity contribution in [2.24, 2.45) is 0 Å². The van der Waals surface area contributed by atoms with E-state index in [0.717, 1.165) is 21.6 Å². The molecule has 0 spiro atoms. The maximum absolute atomic E-state index is 10.2. The summed E-state index contributed by atoms with van der Waals surface area (Å²) in [7, 11) is 0. The molecule has 0 fully saturated rings. The Morgan fingerprint density at radius 3 is 2.83 bits per heavy atom. The summed E-state index contributed by atoms with van der Waals surface area (Å²) in [6, 6.07) is 0. The molecule has 2 heterocycles. The lowest BCUT2D eigenvalue weighted by Crippen LogP contribution is -2.20. The third-order valence-corrected chi connectivity index (χ3v) is 3.92. The number of amides is 1. The second-order valence-corrected chi connectivity index (χ2v) is 5.34. The third kappa shape index (κ3) is 2.54. The molecule has 0 bridgehead atoms. The first-order valence-corrected chi connectivity index (χ1v) is 6.67. The number of carbonyl (C=O) groups excluding carboxylic acids is 1. The number of hydrogen-bond donors (Lipinski definition) is 2. The molecule has 2 aromatic heterocycles. The molecule has 0 aliphatic rings. The molecule has 2 N–H and O–H groups in total. The number of fused-ring (bicyclic) bond motifs is 1. The predicted molar refractivity (Wildman–Crippen MR) is 74.5 cm³/mol. The number of hydrogen-bond acceptors (Lipinski definition) is 5. The van der Waals surface area contributed by atoms with E-state index in [1.54, 1.807) is 11.3 Å². The van der Waals surface area contributed by atoms with Crippen molar-refractivity contribution in [3.8, 4) is 0 Å². The van der Waals surface area contributed by atoms with Crippen LogP contribution >= 0.6 is 22.9 Å². The Kier molecular flexibility index (Phi) is 3.98. The second-order valence-electron chi connectivity index (χ2n) is 3.80. The van der Waals surface area contributed by atoms with E-state index in [2.05, 4.69) is 20.6 Å². The maximum Gasteiger partial charge on any atom is 0.225 e. The Labute approximate surface area is 114 Å². The standard InChI is InChI=1S/C11H13ClN4OS/c1-6-7(2)18-10-8(6)9(15-11(12)16-10)14-4-3-13-5-17/h5H,3-4H2,1-2H3,(H,13,17)(H,14,15,16). The highest BCUT2D eigenvalue weighted by Gasteiger charge is 2.13. The van der Waals surface area contributed by atoms with Gasteiger partial charge in [-0.1, -0.05) is 0 Å². The zero-order valence-corrected chi connectivity index (χ0v) is 11.7. The zero-order valence-electron chi connectivity index (χ0n) is 10.1. The van der Waals surface area contributed by atoms with Crippen molar-refractivity contribution in [2.45, 2.75) is 13.8 Å². The maximum atomic E-state index is 10.2. The number of nitrogens with zero attached hydrogens (tertiary/aromatic N) is 2. The monoisotopic (exact) mass is 284 g/mol. The zero-order chi connectivity index (χ0) is 13.1. The Hall–Kier alpha value is -1.40. The summed E-state index contributed by atoms with van der Waals surface area (Å²) < 4.78 is 0. The van der Waals surface area contributed by atoms with Gasteiger partial charge in [-0.15, -0.1) is 11.3 Å². The number of anilines is 1. The minimum Gasteiger partial charge on any atom is -0.368 e. The Balaban J connectivity index is 2.32. The van der Waals surface area contributed by atoms with Gasteiger partial charge in [-0.25, -0.2) is 9.97 Å². The summed E-state index contributed by atoms with van der Waals surface area (Å²) in [5, 5.41) is 6.99. The summed E-state index contributed by atoms with van der Waals surface area (Å²) in [4.78, 5) is 20.7. The average Bonchev–Trinajstić information content (AvgIpc) is 2.60. The van der Waals surface area contributed by atoms with Crippen LogP contribution in [0.4, 0.5) is 5.82 Å². The molecule has 0 aliphatic carbocycles. The van der Waals surface area contributed by atoms with Crippen molar-refractivity contribution < 1.29 is 4.79 Å². The first-order valence-electron chi connectivity index (χ1n) is 5.47. The van der Waals surface area contributed by atoms with Crippen LogP contribution in [0.1, 0.15) is 10.4 Å². The summed E-state index contributed by atoms with van der Waals surface area (Å²) in [5.41, 5.74) is 1.16. The van der Waals surface area contributed by atoms with Crippen LogP contribution in [-0.2, 0) is 4.79 Å². The molecule has 2 aromatic rings. The number of aryl methyl sites for hydroxylation is 2. The van der Waals surface area contributed by atoms with Crippen LogP contribution < -0.4 is 10.6 Å². The molecule has 2 rings (SSSR count). The second kappa shape index (κ2) is 5.49. The Morgan fingerprint density at radius 2 is 2.11 bits per heavy atom. The predicted octanol–water partition coefficient (Wildman–Crippen LogP) is 2.12. The van der Waals surface area contributed by atoms with Gasteiger partial charge in [0, 0.05) is 18.0 Å². The summed E-state index contributed by atoms with van der Waals surface area (Å²) in [6.07, 6.45) is 0.671. The number of carbonyl (C=O) groups is 1. The fourth-order valence-corrected chi connectivity index (χ4v) is 2.91. The number of rotatable bonds is 5. The van der Waals surface area contributed by atoms with Gasteiger partial charge in [-0.2, -0.15) is 0 Å². The highest BCUT2D eigenvalue weighted by molar-refractivity contribution is 7.18. The van der Waals surface area contributed by atoms with Crippen molar-refractivity contribution >= 4 is 45.4 Å². The number of thiophene rings is 1. The minimum atomic E-state index is 0.231. The van der Waals surface area contributed by atoms with Crippen LogP contribution in [0, 0.1) is 13.8 Å². The normalized spacial score (nSPS) is 10.6. The van der Waals surface area contributed by atoms with Gasteiger partial charge in [-0.3, -0.25) is 4.79 Å². The first-order chi connectivity index (χ1) is 8.63. The van der Waals surface area contributed by atoms with Crippen LogP contribution in [-0.4, -0.2) is 29.5 Å². The van der Waals surface area contributed by atoms with Crippen LogP contribution in [0.25, 0.3) is 10.2 Å². The van der Waals surface area contributed by atoms with Gasteiger partial charge in [0.1, 0.15) is 10.6 Å². The van der Waals surface area contributed by atoms with Gasteiger partial charge in [0.2, 0.25) is 11.7 Å². The van der Waals surface area contributed by atoms with Crippen molar-refractivity contribution in [1.29, 1.82) is 0 Å². The van der Waals surface area contributed by atoms with E-state index in [1.165, 1.54) is 4.88 Å². The average molecular weight is 285 g/mol. The Bertz CT molecular complexity index is 584. The lowest BCUT2D eigenvalue weighted by molar-refractivity contribution is -0.109. The summed E-state index contributed by atoms with van der Waals surface area (Å²) in [6.45, 7) is 5.22. The van der Waals surface area contributed by atoms with Gasteiger partial charge in [0.25, 0.3) is 0 Å². The van der Waals surface area contributed by atoms with Gasteiger partial charge >= 0.3 is 0 Å². The molecule has 0 saturated heterocycles. The lowest BCUT2D eigenvalue weighted by Gasteiger charge is -2.07. The first kappa shape index (κ1) is 13.0. The highest BCUT2D eigenvalue weighted by atomic mass is 35.5. The van der Waals surface area contributed by atoms with Gasteiger partial charge in [0.15, 0.2) is 0 Å². The van der Waals surface area contributed by atoms with E-state index in [0.29, 0.717) is 19.5 Å². The van der Waals surface area contributed by atoms with E-state index in [1.807, 2.05) is 13.8 Å².